The number of fused-ring (bicyclic) bond motifs is 6. The summed E-state index contributed by atoms with van der Waals surface area (Å²) in [6, 6.07) is 30.7. The third kappa shape index (κ3) is 3.46. The van der Waals surface area contributed by atoms with Crippen molar-refractivity contribution in [1.82, 2.24) is 40.0 Å². The Hall–Kier alpha value is -6.10. The van der Waals surface area contributed by atoms with Crippen LogP contribution >= 0.6 is 0 Å². The Morgan fingerprint density at radius 2 is 1.49 bits per heavy atom. The summed E-state index contributed by atoms with van der Waals surface area (Å²) >= 11 is 0. The van der Waals surface area contributed by atoms with Gasteiger partial charge in [0, 0.05) is 11.1 Å². The minimum atomic E-state index is -0.544. The molecule has 11 nitrogen and oxygen atoms in total. The molecule has 8 rings (SSSR count). The van der Waals surface area contributed by atoms with Crippen LogP contribution in [0, 0.1) is 5.41 Å². The zero-order valence-electron chi connectivity index (χ0n) is 21.1. The fourth-order valence-electron chi connectivity index (χ4n) is 5.27. The van der Waals surface area contributed by atoms with E-state index >= 15 is 0 Å². The van der Waals surface area contributed by atoms with Crippen molar-refractivity contribution in [2.75, 3.05) is 0 Å². The maximum atomic E-state index is 13.7. The van der Waals surface area contributed by atoms with E-state index in [0.29, 0.717) is 33.4 Å². The lowest BCUT2D eigenvalue weighted by molar-refractivity contribution is 0.535. The fraction of sp³-hybridized carbons (Fsp3) is 0. The molecule has 0 saturated carbocycles. The van der Waals surface area contributed by atoms with E-state index in [0.717, 1.165) is 26.8 Å². The van der Waals surface area contributed by atoms with Gasteiger partial charge in [-0.05, 0) is 57.1 Å². The first-order valence-electron chi connectivity index (χ1n) is 12.7. The van der Waals surface area contributed by atoms with E-state index in [1.165, 1.54) is 0 Å². The standard InChI is InChI=1S/C30H17N9O2/c31-27-21(15-18-11-7-8-14-23(18)41-27)22-16-20(17-9-3-1-4-10-17)24-26-25(29-34-35-37-39(29)36-33-26)30(40)32-28(24)38(22)19-12-5-2-6-13-19/h1-16,31H. The highest BCUT2D eigenvalue weighted by Crippen LogP contribution is 2.37. The molecule has 8 aromatic rings. The van der Waals surface area contributed by atoms with E-state index in [1.807, 2.05) is 102 Å². The molecular formula is C30H17N9O2. The van der Waals surface area contributed by atoms with Crippen LogP contribution in [-0.4, -0.2) is 40.0 Å². The van der Waals surface area contributed by atoms with Crippen molar-refractivity contribution in [3.05, 3.63) is 113 Å². The summed E-state index contributed by atoms with van der Waals surface area (Å²) in [6.07, 6.45) is 0. The monoisotopic (exact) mass is 535 g/mol. The lowest BCUT2D eigenvalue weighted by Gasteiger charge is -2.20. The first-order chi connectivity index (χ1) is 20.2. The number of pyridine rings is 2. The van der Waals surface area contributed by atoms with Gasteiger partial charge in [-0.1, -0.05) is 71.4 Å². The van der Waals surface area contributed by atoms with Crippen molar-refractivity contribution >= 4 is 38.6 Å². The van der Waals surface area contributed by atoms with Crippen LogP contribution in [0.15, 0.2) is 106 Å². The Morgan fingerprint density at radius 1 is 0.732 bits per heavy atom. The van der Waals surface area contributed by atoms with E-state index in [1.54, 1.807) is 0 Å². The Labute approximate surface area is 229 Å². The Bertz CT molecular complexity index is 2410. The number of para-hydroxylation sites is 2. The molecule has 0 unspecified atom stereocenters. The van der Waals surface area contributed by atoms with Crippen molar-refractivity contribution in [1.29, 1.82) is 5.41 Å². The zero-order chi connectivity index (χ0) is 27.5. The number of hydrogen-bond donors (Lipinski definition) is 1. The summed E-state index contributed by atoms with van der Waals surface area (Å²) in [6.45, 7) is 0. The molecule has 5 aromatic heterocycles. The van der Waals surface area contributed by atoms with Gasteiger partial charge in [0.25, 0.3) is 5.56 Å². The predicted octanol–water partition coefficient (Wildman–Crippen LogP) is 4.33. The summed E-state index contributed by atoms with van der Waals surface area (Å²) in [4.78, 5) is 18.3. The van der Waals surface area contributed by atoms with Crippen molar-refractivity contribution in [2.24, 2.45) is 0 Å². The zero-order valence-corrected chi connectivity index (χ0v) is 21.1. The number of nitrogens with zero attached hydrogens (tertiary/aromatic N) is 8. The van der Waals surface area contributed by atoms with E-state index < -0.39 is 5.56 Å². The van der Waals surface area contributed by atoms with Crippen LogP contribution in [0.3, 0.4) is 0 Å². The van der Waals surface area contributed by atoms with E-state index in [2.05, 4.69) is 30.8 Å². The molecule has 41 heavy (non-hydrogen) atoms. The number of rotatable bonds is 3. The molecule has 0 spiro atoms. The first-order valence-corrected chi connectivity index (χ1v) is 12.7. The van der Waals surface area contributed by atoms with Crippen molar-refractivity contribution in [3.8, 4) is 28.1 Å². The molecule has 0 aliphatic carbocycles. The Morgan fingerprint density at radius 3 is 2.32 bits per heavy atom. The third-order valence-corrected chi connectivity index (χ3v) is 7.08. The SMILES string of the molecule is N=c1oc2ccccc2cc1-c1cc(-c2ccccc2)c2c3nnn4nnnc4c3c(=O)nc2n1-c1ccccc1. The molecule has 0 saturated heterocycles. The molecule has 0 fully saturated rings. The second kappa shape index (κ2) is 8.71. The van der Waals surface area contributed by atoms with Crippen molar-refractivity contribution < 1.29 is 4.42 Å². The third-order valence-electron chi connectivity index (χ3n) is 7.08. The minimum absolute atomic E-state index is 0.0223. The summed E-state index contributed by atoms with van der Waals surface area (Å²) in [7, 11) is 0. The largest absolute Gasteiger partial charge is 0.438 e. The fourth-order valence-corrected chi connectivity index (χ4v) is 5.27. The summed E-state index contributed by atoms with van der Waals surface area (Å²) in [5.41, 5.74) is 4.39. The molecule has 0 aliphatic heterocycles. The lowest BCUT2D eigenvalue weighted by atomic mass is 9.97. The van der Waals surface area contributed by atoms with Gasteiger partial charge in [0.15, 0.2) is 5.65 Å². The maximum Gasteiger partial charge on any atom is 0.285 e. The molecule has 0 amide bonds. The number of aromatic nitrogens is 8. The summed E-state index contributed by atoms with van der Waals surface area (Å²) < 4.78 is 8.92. The summed E-state index contributed by atoms with van der Waals surface area (Å²) in [5.74, 6) is 0. The van der Waals surface area contributed by atoms with Crippen LogP contribution in [0.25, 0.3) is 66.6 Å². The second-order valence-corrected chi connectivity index (χ2v) is 9.43. The number of nitrogens with one attached hydrogen (secondary N) is 1. The van der Waals surface area contributed by atoms with Gasteiger partial charge in [-0.25, -0.2) is 0 Å². The van der Waals surface area contributed by atoms with Gasteiger partial charge in [0.2, 0.25) is 11.2 Å². The lowest BCUT2D eigenvalue weighted by Crippen LogP contribution is -2.17. The van der Waals surface area contributed by atoms with Crippen molar-refractivity contribution in [3.63, 3.8) is 0 Å². The normalized spacial score (nSPS) is 11.6. The molecule has 11 heteroatoms. The van der Waals surface area contributed by atoms with Gasteiger partial charge < -0.3 is 4.42 Å². The van der Waals surface area contributed by atoms with Gasteiger partial charge in [-0.3, -0.25) is 14.8 Å². The van der Waals surface area contributed by atoms with Crippen LogP contribution in [0.5, 0.6) is 0 Å². The van der Waals surface area contributed by atoms with Gasteiger partial charge in [-0.2, -0.15) is 4.98 Å². The van der Waals surface area contributed by atoms with Crippen LogP contribution in [0.1, 0.15) is 0 Å². The molecule has 0 bridgehead atoms. The molecule has 3 aromatic carbocycles. The van der Waals surface area contributed by atoms with E-state index in [4.69, 9.17) is 9.83 Å². The number of benzene rings is 3. The number of hydrogen-bond acceptors (Lipinski definition) is 9. The van der Waals surface area contributed by atoms with Crippen LogP contribution < -0.4 is 11.1 Å². The molecule has 1 N–H and O–H groups in total. The Kier molecular flexibility index (Phi) is 4.85. The highest BCUT2D eigenvalue weighted by atomic mass is 16.3. The van der Waals surface area contributed by atoms with Crippen molar-refractivity contribution in [2.45, 2.75) is 0 Å². The highest BCUT2D eigenvalue weighted by Gasteiger charge is 2.24. The average molecular weight is 536 g/mol. The molecule has 0 atom stereocenters. The quantitative estimate of drug-likeness (QED) is 0.330. The van der Waals surface area contributed by atoms with E-state index in [9.17, 15) is 4.79 Å². The van der Waals surface area contributed by atoms with Gasteiger partial charge in [0.1, 0.15) is 16.5 Å². The summed E-state index contributed by atoms with van der Waals surface area (Å²) in [5, 5.41) is 30.5. The predicted molar refractivity (Wildman–Crippen MR) is 151 cm³/mol. The topological polar surface area (TPSA) is 141 Å². The molecule has 0 aliphatic rings. The molecule has 0 radical (unpaired) electrons. The highest BCUT2D eigenvalue weighted by molar-refractivity contribution is 6.13. The van der Waals surface area contributed by atoms with Crippen LogP contribution in [0.4, 0.5) is 0 Å². The number of tetrazole rings is 1. The van der Waals surface area contributed by atoms with Gasteiger partial charge >= 0.3 is 0 Å². The first kappa shape index (κ1) is 22.8. The van der Waals surface area contributed by atoms with Gasteiger partial charge in [0.05, 0.1) is 16.6 Å². The van der Waals surface area contributed by atoms with Crippen LogP contribution in [-0.2, 0) is 0 Å². The average Bonchev–Trinajstić information content (AvgIpc) is 3.50. The van der Waals surface area contributed by atoms with Gasteiger partial charge in [-0.15, -0.1) is 10.2 Å². The maximum absolute atomic E-state index is 13.7. The smallest absolute Gasteiger partial charge is 0.285 e. The second-order valence-electron chi connectivity index (χ2n) is 9.43. The molecular weight excluding hydrogens is 518 g/mol. The minimum Gasteiger partial charge on any atom is -0.438 e. The van der Waals surface area contributed by atoms with Crippen LogP contribution in [0.2, 0.25) is 0 Å². The molecule has 194 valence electrons. The Balaban J connectivity index is 1.63. The molecule has 5 heterocycles. The van der Waals surface area contributed by atoms with E-state index in [-0.39, 0.29) is 16.6 Å².